The summed E-state index contributed by atoms with van der Waals surface area (Å²) in [4.78, 5) is 24.6. The molecule has 0 spiro atoms. The van der Waals surface area contributed by atoms with Gasteiger partial charge in [0.1, 0.15) is 0 Å². The largest absolute Gasteiger partial charge is 0.451 e. The molecule has 8 atom stereocenters. The lowest BCUT2D eigenvalue weighted by atomic mass is 9.44. The average Bonchev–Trinajstić information content (AvgIpc) is 2.89. The van der Waals surface area contributed by atoms with Crippen molar-refractivity contribution in [2.75, 3.05) is 0 Å². The molecule has 27 heavy (non-hydrogen) atoms. The van der Waals surface area contributed by atoms with Crippen LogP contribution in [0.1, 0.15) is 85.5 Å². The molecule has 4 saturated carbocycles. The molecule has 0 unspecified atom stereocenters. The van der Waals surface area contributed by atoms with Crippen LogP contribution in [0.5, 0.6) is 0 Å². The molecule has 4 aliphatic carbocycles. The molecule has 4 heteroatoms. The second kappa shape index (κ2) is 6.30. The summed E-state index contributed by atoms with van der Waals surface area (Å²) >= 11 is 0. The van der Waals surface area contributed by atoms with Crippen molar-refractivity contribution in [2.45, 2.75) is 97.2 Å². The van der Waals surface area contributed by atoms with Gasteiger partial charge in [0.2, 0.25) is 0 Å². The molecule has 0 saturated heterocycles. The molecule has 0 aromatic carbocycles. The van der Waals surface area contributed by atoms with Crippen LogP contribution in [0.2, 0.25) is 0 Å². The summed E-state index contributed by atoms with van der Waals surface area (Å²) in [6.45, 7) is 7.75. The van der Waals surface area contributed by atoms with Crippen molar-refractivity contribution in [3.8, 4) is 0 Å². The van der Waals surface area contributed by atoms with Crippen molar-refractivity contribution in [1.29, 1.82) is 0 Å². The van der Waals surface area contributed by atoms with Gasteiger partial charge in [-0.05, 0) is 93.8 Å². The molecule has 0 aliphatic heterocycles. The Morgan fingerprint density at radius 2 is 1.63 bits per heavy atom. The van der Waals surface area contributed by atoms with E-state index in [0.717, 1.165) is 38.5 Å². The Morgan fingerprint density at radius 1 is 0.926 bits per heavy atom. The first-order valence-corrected chi connectivity index (χ1v) is 11.0. The van der Waals surface area contributed by atoms with E-state index in [2.05, 4.69) is 13.8 Å². The molecule has 0 amide bonds. The van der Waals surface area contributed by atoms with Crippen molar-refractivity contribution in [3.05, 3.63) is 0 Å². The van der Waals surface area contributed by atoms with Crippen LogP contribution in [-0.4, -0.2) is 28.6 Å². The molecule has 0 aromatic heterocycles. The van der Waals surface area contributed by atoms with E-state index in [1.165, 1.54) is 19.8 Å². The highest BCUT2D eigenvalue weighted by atomic mass is 16.6. The standard InChI is InChI=1S/C23H36O4/c1-14(24)23(27-15(2)25)12-9-20-18-6-5-16-13-17(26)7-10-21(16,3)19(18)8-11-22(20,23)4/h16-20,26H,5-13H2,1-4H3/t16-,17-,18-,19+,20+,21+,22+,23-/m1/s1. The van der Waals surface area contributed by atoms with Gasteiger partial charge >= 0.3 is 5.97 Å². The first-order valence-electron chi connectivity index (χ1n) is 11.0. The predicted molar refractivity (Wildman–Crippen MR) is 103 cm³/mol. The highest BCUT2D eigenvalue weighted by molar-refractivity contribution is 5.89. The number of carbonyl (C=O) groups is 2. The van der Waals surface area contributed by atoms with Crippen molar-refractivity contribution in [1.82, 2.24) is 0 Å². The van der Waals surface area contributed by atoms with Crippen molar-refractivity contribution >= 4 is 11.8 Å². The van der Waals surface area contributed by atoms with Gasteiger partial charge in [-0.2, -0.15) is 0 Å². The maximum Gasteiger partial charge on any atom is 0.303 e. The Balaban J connectivity index is 1.66. The fourth-order valence-corrected chi connectivity index (χ4v) is 8.30. The minimum Gasteiger partial charge on any atom is -0.451 e. The normalized spacial score (nSPS) is 51.7. The van der Waals surface area contributed by atoms with E-state index >= 15 is 0 Å². The molecule has 0 bridgehead atoms. The van der Waals surface area contributed by atoms with E-state index in [0.29, 0.717) is 35.5 Å². The fraction of sp³-hybridized carbons (Fsp3) is 0.913. The predicted octanol–water partition coefficient (Wildman–Crippen LogP) is 4.28. The maximum absolute atomic E-state index is 12.7. The molecule has 152 valence electrons. The zero-order chi connectivity index (χ0) is 19.6. The van der Waals surface area contributed by atoms with Gasteiger partial charge < -0.3 is 9.84 Å². The van der Waals surface area contributed by atoms with Gasteiger partial charge in [0, 0.05) is 12.3 Å². The van der Waals surface area contributed by atoms with Crippen molar-refractivity contribution in [3.63, 3.8) is 0 Å². The summed E-state index contributed by atoms with van der Waals surface area (Å²) < 4.78 is 5.84. The molecule has 4 aliphatic rings. The number of ether oxygens (including phenoxy) is 1. The zero-order valence-electron chi connectivity index (χ0n) is 17.4. The lowest BCUT2D eigenvalue weighted by Crippen LogP contribution is -2.59. The van der Waals surface area contributed by atoms with Gasteiger partial charge in [-0.25, -0.2) is 0 Å². The molecule has 1 N–H and O–H groups in total. The third-order valence-electron chi connectivity index (χ3n) is 9.64. The van der Waals surface area contributed by atoms with Gasteiger partial charge in [0.25, 0.3) is 0 Å². The first-order chi connectivity index (χ1) is 12.6. The molecule has 0 heterocycles. The lowest BCUT2D eigenvalue weighted by Gasteiger charge is -2.61. The quantitative estimate of drug-likeness (QED) is 0.731. The lowest BCUT2D eigenvalue weighted by molar-refractivity contribution is -0.192. The molecule has 4 nitrogen and oxygen atoms in total. The molecule has 0 radical (unpaired) electrons. The molecular formula is C23H36O4. The van der Waals surface area contributed by atoms with E-state index in [1.54, 1.807) is 6.92 Å². The van der Waals surface area contributed by atoms with Gasteiger partial charge in [0.15, 0.2) is 11.4 Å². The van der Waals surface area contributed by atoms with E-state index in [-0.39, 0.29) is 23.3 Å². The van der Waals surface area contributed by atoms with Gasteiger partial charge in [-0.3, -0.25) is 9.59 Å². The van der Waals surface area contributed by atoms with Crippen LogP contribution in [0, 0.1) is 34.5 Å². The Bertz CT molecular complexity index is 644. The van der Waals surface area contributed by atoms with E-state index in [1.807, 2.05) is 0 Å². The summed E-state index contributed by atoms with van der Waals surface area (Å²) in [5.74, 6) is 2.11. The molecular weight excluding hydrogens is 340 g/mol. The minimum absolute atomic E-state index is 0.0295. The van der Waals surface area contributed by atoms with Crippen LogP contribution in [0.25, 0.3) is 0 Å². The topological polar surface area (TPSA) is 63.6 Å². The number of aliphatic hydroxyl groups excluding tert-OH is 1. The van der Waals surface area contributed by atoms with E-state index in [9.17, 15) is 14.7 Å². The number of rotatable bonds is 2. The summed E-state index contributed by atoms with van der Waals surface area (Å²) in [6, 6.07) is 0. The highest BCUT2D eigenvalue weighted by Crippen LogP contribution is 2.69. The first kappa shape index (κ1) is 19.4. The fourth-order valence-electron chi connectivity index (χ4n) is 8.30. The second-order valence-corrected chi connectivity index (χ2v) is 10.6. The Hall–Kier alpha value is -0.900. The van der Waals surface area contributed by atoms with Crippen LogP contribution in [0.4, 0.5) is 0 Å². The number of ketones is 1. The summed E-state index contributed by atoms with van der Waals surface area (Å²) in [5, 5.41) is 10.2. The van der Waals surface area contributed by atoms with Crippen LogP contribution in [0.15, 0.2) is 0 Å². The third kappa shape index (κ3) is 2.58. The van der Waals surface area contributed by atoms with Gasteiger partial charge in [-0.1, -0.05) is 13.8 Å². The van der Waals surface area contributed by atoms with Gasteiger partial charge in [0.05, 0.1) is 6.10 Å². The Kier molecular flexibility index (Phi) is 4.53. The van der Waals surface area contributed by atoms with Crippen LogP contribution in [-0.2, 0) is 14.3 Å². The van der Waals surface area contributed by atoms with Crippen LogP contribution >= 0.6 is 0 Å². The number of esters is 1. The number of hydrogen-bond donors (Lipinski definition) is 1. The second-order valence-electron chi connectivity index (χ2n) is 10.6. The minimum atomic E-state index is -0.922. The van der Waals surface area contributed by atoms with Crippen molar-refractivity contribution < 1.29 is 19.4 Å². The molecule has 4 rings (SSSR count). The number of aliphatic hydroxyl groups is 1. The number of carbonyl (C=O) groups excluding carboxylic acids is 2. The van der Waals surface area contributed by atoms with Crippen LogP contribution in [0.3, 0.4) is 0 Å². The Labute approximate surface area is 163 Å². The zero-order valence-corrected chi connectivity index (χ0v) is 17.4. The van der Waals surface area contributed by atoms with E-state index < -0.39 is 5.60 Å². The number of Topliss-reactive ketones (excluding diaryl/α,β-unsaturated/α-hetero) is 1. The van der Waals surface area contributed by atoms with E-state index in [4.69, 9.17) is 4.74 Å². The molecule has 4 fully saturated rings. The average molecular weight is 377 g/mol. The summed E-state index contributed by atoms with van der Waals surface area (Å²) in [6.07, 6.45) is 9.08. The highest BCUT2D eigenvalue weighted by Gasteiger charge is 2.68. The SMILES string of the molecule is CC(=O)O[C@@]1(C(C)=O)CC[C@H]2[C@@H]3CC[C@@H]4C[C@H](O)CC[C@]4(C)[C@H]3CC[C@@]21C. The monoisotopic (exact) mass is 376 g/mol. The van der Waals surface area contributed by atoms with Gasteiger partial charge in [-0.15, -0.1) is 0 Å². The number of fused-ring (bicyclic) bond motifs is 5. The van der Waals surface area contributed by atoms with Crippen molar-refractivity contribution in [2.24, 2.45) is 34.5 Å². The molecule has 0 aromatic rings. The van der Waals surface area contributed by atoms with Crippen LogP contribution < -0.4 is 0 Å². The Morgan fingerprint density at radius 3 is 2.30 bits per heavy atom. The summed E-state index contributed by atoms with van der Waals surface area (Å²) in [5.41, 5.74) is -0.829. The third-order valence-corrected chi connectivity index (χ3v) is 9.64. The smallest absolute Gasteiger partial charge is 0.303 e. The summed E-state index contributed by atoms with van der Waals surface area (Å²) in [7, 11) is 0. The number of hydrogen-bond acceptors (Lipinski definition) is 4. The maximum atomic E-state index is 12.7.